The number of nitriles is 1. The first-order valence-corrected chi connectivity index (χ1v) is 4.67. The van der Waals surface area contributed by atoms with Crippen LogP contribution in [0.1, 0.15) is 29.9 Å². The molecule has 15 heavy (non-hydrogen) atoms. The minimum absolute atomic E-state index is 0.103. The Hall–Kier alpha value is -1.89. The van der Waals surface area contributed by atoms with E-state index < -0.39 is 5.97 Å². The van der Waals surface area contributed by atoms with E-state index in [1.165, 1.54) is 12.3 Å². The van der Waals surface area contributed by atoms with E-state index in [1.54, 1.807) is 6.07 Å². The summed E-state index contributed by atoms with van der Waals surface area (Å²) in [7, 11) is 0. The number of pyridine rings is 1. The van der Waals surface area contributed by atoms with Gasteiger partial charge in [-0.2, -0.15) is 5.26 Å². The van der Waals surface area contributed by atoms with E-state index in [2.05, 4.69) is 4.98 Å². The first kappa shape index (κ1) is 11.2. The molecule has 0 aromatic carbocycles. The van der Waals surface area contributed by atoms with Gasteiger partial charge < -0.3 is 4.74 Å². The zero-order chi connectivity index (χ0) is 11.3. The summed E-state index contributed by atoms with van der Waals surface area (Å²) in [5.74, 6) is -0.218. The SMILES string of the molecule is CC(C)COC(=O)c1cccnc1C#N. The third-order valence-corrected chi connectivity index (χ3v) is 1.68. The van der Waals surface area contributed by atoms with Gasteiger partial charge in [0.05, 0.1) is 12.2 Å². The fourth-order valence-electron chi connectivity index (χ4n) is 0.979. The first-order chi connectivity index (χ1) is 7.15. The van der Waals surface area contributed by atoms with Crippen molar-refractivity contribution in [3.8, 4) is 6.07 Å². The van der Waals surface area contributed by atoms with Crippen LogP contribution in [0.15, 0.2) is 18.3 Å². The first-order valence-electron chi connectivity index (χ1n) is 4.67. The maximum atomic E-state index is 11.5. The predicted molar refractivity (Wildman–Crippen MR) is 54.1 cm³/mol. The van der Waals surface area contributed by atoms with Crippen LogP contribution in [0.25, 0.3) is 0 Å². The largest absolute Gasteiger partial charge is 0.462 e. The van der Waals surface area contributed by atoms with Gasteiger partial charge in [-0.3, -0.25) is 0 Å². The molecule has 1 aromatic heterocycles. The van der Waals surface area contributed by atoms with Crippen LogP contribution in [0.5, 0.6) is 0 Å². The Morgan fingerprint density at radius 3 is 3.00 bits per heavy atom. The fourth-order valence-corrected chi connectivity index (χ4v) is 0.979. The zero-order valence-corrected chi connectivity index (χ0v) is 8.73. The molecule has 0 saturated carbocycles. The van der Waals surface area contributed by atoms with Crippen molar-refractivity contribution in [1.29, 1.82) is 5.26 Å². The Balaban J connectivity index is 2.78. The summed E-state index contributed by atoms with van der Waals surface area (Å²) < 4.78 is 5.00. The lowest BCUT2D eigenvalue weighted by atomic mass is 10.2. The quantitative estimate of drug-likeness (QED) is 0.704. The van der Waals surface area contributed by atoms with Crippen molar-refractivity contribution in [2.75, 3.05) is 6.61 Å². The minimum atomic E-state index is -0.492. The number of carbonyl (C=O) groups excluding carboxylic acids is 1. The van der Waals surface area contributed by atoms with Crippen LogP contribution in [0, 0.1) is 17.2 Å². The van der Waals surface area contributed by atoms with E-state index in [1.807, 2.05) is 19.9 Å². The van der Waals surface area contributed by atoms with E-state index in [9.17, 15) is 4.79 Å². The number of carbonyl (C=O) groups is 1. The van der Waals surface area contributed by atoms with E-state index in [0.29, 0.717) is 6.61 Å². The Kier molecular flexibility index (Phi) is 3.81. The van der Waals surface area contributed by atoms with Gasteiger partial charge in [0.1, 0.15) is 6.07 Å². The summed E-state index contributed by atoms with van der Waals surface area (Å²) in [6.07, 6.45) is 1.47. The summed E-state index contributed by atoms with van der Waals surface area (Å²) in [6.45, 7) is 4.24. The lowest BCUT2D eigenvalue weighted by molar-refractivity contribution is 0.0458. The highest BCUT2D eigenvalue weighted by molar-refractivity contribution is 5.91. The van der Waals surface area contributed by atoms with Crippen molar-refractivity contribution in [2.45, 2.75) is 13.8 Å². The van der Waals surface area contributed by atoms with E-state index in [0.717, 1.165) is 0 Å². The van der Waals surface area contributed by atoms with E-state index in [-0.39, 0.29) is 17.2 Å². The molecule has 0 fully saturated rings. The average molecular weight is 204 g/mol. The molecule has 0 aliphatic carbocycles. The van der Waals surface area contributed by atoms with Crippen molar-refractivity contribution >= 4 is 5.97 Å². The van der Waals surface area contributed by atoms with Gasteiger partial charge in [0, 0.05) is 6.20 Å². The van der Waals surface area contributed by atoms with E-state index >= 15 is 0 Å². The van der Waals surface area contributed by atoms with Crippen LogP contribution in [-0.4, -0.2) is 17.6 Å². The second-order valence-electron chi connectivity index (χ2n) is 3.50. The Labute approximate surface area is 88.5 Å². The zero-order valence-electron chi connectivity index (χ0n) is 8.73. The van der Waals surface area contributed by atoms with Crippen molar-refractivity contribution in [3.63, 3.8) is 0 Å². The molecule has 0 radical (unpaired) electrons. The number of rotatable bonds is 3. The van der Waals surface area contributed by atoms with Gasteiger partial charge in [-0.15, -0.1) is 0 Å². The second-order valence-corrected chi connectivity index (χ2v) is 3.50. The Morgan fingerprint density at radius 1 is 1.67 bits per heavy atom. The smallest absolute Gasteiger partial charge is 0.341 e. The Bertz CT molecular complexity index is 394. The van der Waals surface area contributed by atoms with Gasteiger partial charge in [-0.25, -0.2) is 9.78 Å². The summed E-state index contributed by atoms with van der Waals surface area (Å²) in [4.78, 5) is 15.3. The van der Waals surface area contributed by atoms with Crippen molar-refractivity contribution in [3.05, 3.63) is 29.6 Å². The molecule has 0 unspecified atom stereocenters. The molecule has 0 aliphatic rings. The molecule has 4 heteroatoms. The van der Waals surface area contributed by atoms with Gasteiger partial charge >= 0.3 is 5.97 Å². The summed E-state index contributed by atoms with van der Waals surface area (Å²) >= 11 is 0. The molecule has 0 saturated heterocycles. The minimum Gasteiger partial charge on any atom is -0.462 e. The molecule has 78 valence electrons. The monoisotopic (exact) mass is 204 g/mol. The molecule has 4 nitrogen and oxygen atoms in total. The molecule has 0 amide bonds. The average Bonchev–Trinajstić information content (AvgIpc) is 2.25. The summed E-state index contributed by atoms with van der Waals surface area (Å²) in [5, 5.41) is 8.72. The molecule has 1 rings (SSSR count). The van der Waals surface area contributed by atoms with Gasteiger partial charge in [0.15, 0.2) is 5.69 Å². The highest BCUT2D eigenvalue weighted by Gasteiger charge is 2.13. The highest BCUT2D eigenvalue weighted by atomic mass is 16.5. The predicted octanol–water partition coefficient (Wildman–Crippen LogP) is 1.77. The number of esters is 1. The van der Waals surface area contributed by atoms with Gasteiger partial charge in [-0.05, 0) is 18.1 Å². The van der Waals surface area contributed by atoms with Crippen LogP contribution in [0.4, 0.5) is 0 Å². The normalized spacial score (nSPS) is 9.73. The number of aromatic nitrogens is 1. The maximum Gasteiger partial charge on any atom is 0.341 e. The molecule has 0 aliphatic heterocycles. The standard InChI is InChI=1S/C11H12N2O2/c1-8(2)7-15-11(14)9-4-3-5-13-10(9)6-12/h3-5,8H,7H2,1-2H3. The van der Waals surface area contributed by atoms with Crippen LogP contribution in [-0.2, 0) is 4.74 Å². The molecule has 0 atom stereocenters. The van der Waals surface area contributed by atoms with Crippen LogP contribution in [0.3, 0.4) is 0 Å². The third-order valence-electron chi connectivity index (χ3n) is 1.68. The topological polar surface area (TPSA) is 63.0 Å². The Morgan fingerprint density at radius 2 is 2.40 bits per heavy atom. The lowest BCUT2D eigenvalue weighted by Crippen LogP contribution is -2.12. The number of hydrogen-bond acceptors (Lipinski definition) is 4. The molecule has 0 N–H and O–H groups in total. The number of ether oxygens (including phenoxy) is 1. The molecule has 1 heterocycles. The van der Waals surface area contributed by atoms with Gasteiger partial charge in [0.2, 0.25) is 0 Å². The highest BCUT2D eigenvalue weighted by Crippen LogP contribution is 2.07. The fraction of sp³-hybridized carbons (Fsp3) is 0.364. The lowest BCUT2D eigenvalue weighted by Gasteiger charge is -2.07. The van der Waals surface area contributed by atoms with Crippen molar-refractivity contribution in [1.82, 2.24) is 4.98 Å². The molecule has 1 aromatic rings. The van der Waals surface area contributed by atoms with E-state index in [4.69, 9.17) is 10.00 Å². The summed E-state index contributed by atoms with van der Waals surface area (Å²) in [6, 6.07) is 4.99. The molecule has 0 spiro atoms. The molecular formula is C11H12N2O2. The van der Waals surface area contributed by atoms with Crippen molar-refractivity contribution in [2.24, 2.45) is 5.92 Å². The maximum absolute atomic E-state index is 11.5. The summed E-state index contributed by atoms with van der Waals surface area (Å²) in [5.41, 5.74) is 0.326. The van der Waals surface area contributed by atoms with Crippen LogP contribution >= 0.6 is 0 Å². The van der Waals surface area contributed by atoms with Crippen molar-refractivity contribution < 1.29 is 9.53 Å². The van der Waals surface area contributed by atoms with Gasteiger partial charge in [-0.1, -0.05) is 13.8 Å². The number of nitrogens with zero attached hydrogens (tertiary/aromatic N) is 2. The number of hydrogen-bond donors (Lipinski definition) is 0. The van der Waals surface area contributed by atoms with Gasteiger partial charge in [0.25, 0.3) is 0 Å². The van der Waals surface area contributed by atoms with Crippen LogP contribution < -0.4 is 0 Å². The molecular weight excluding hydrogens is 192 g/mol. The van der Waals surface area contributed by atoms with Crippen LogP contribution in [0.2, 0.25) is 0 Å². The molecule has 0 bridgehead atoms. The second kappa shape index (κ2) is 5.11. The third kappa shape index (κ3) is 3.06.